The van der Waals surface area contributed by atoms with Gasteiger partial charge in [-0.15, -0.1) is 0 Å². The third kappa shape index (κ3) is 3.11. The molecule has 2 rings (SSSR count). The molecule has 2 nitrogen and oxygen atoms in total. The lowest BCUT2D eigenvalue weighted by Crippen LogP contribution is -2.50. The Hall–Kier alpha value is -1.90. The summed E-state index contributed by atoms with van der Waals surface area (Å²) in [6.45, 7) is 1.90. The fourth-order valence-corrected chi connectivity index (χ4v) is 2.32. The zero-order valence-corrected chi connectivity index (χ0v) is 11.0. The topological polar surface area (TPSA) is 29.1 Å². The number of hydrogen-bond donors (Lipinski definition) is 1. The van der Waals surface area contributed by atoms with Crippen LogP contribution in [-0.4, -0.2) is 5.91 Å². The van der Waals surface area contributed by atoms with Crippen molar-refractivity contribution >= 4 is 5.91 Å². The van der Waals surface area contributed by atoms with Crippen molar-refractivity contribution in [2.24, 2.45) is 0 Å². The second-order valence-electron chi connectivity index (χ2n) is 4.82. The van der Waals surface area contributed by atoms with Crippen LogP contribution in [0.1, 0.15) is 31.7 Å². The predicted octanol–water partition coefficient (Wildman–Crippen LogP) is 3.45. The third-order valence-electron chi connectivity index (χ3n) is 3.52. The van der Waals surface area contributed by atoms with Crippen LogP contribution >= 0.6 is 0 Å². The zero-order chi connectivity index (χ0) is 13.7. The van der Waals surface area contributed by atoms with Crippen molar-refractivity contribution in [2.75, 3.05) is 0 Å². The molecule has 0 unspecified atom stereocenters. The van der Waals surface area contributed by atoms with Gasteiger partial charge in [-0.1, -0.05) is 30.4 Å². The van der Waals surface area contributed by atoms with E-state index in [0.717, 1.165) is 24.8 Å². The average Bonchev–Trinajstić information content (AvgIpc) is 2.35. The number of nitrogens with one attached hydrogen (secondary N) is 1. The van der Waals surface area contributed by atoms with E-state index in [0.29, 0.717) is 0 Å². The fraction of sp³-hybridized carbons (Fsp3) is 0.312. The summed E-state index contributed by atoms with van der Waals surface area (Å²) in [4.78, 5) is 11.9. The Balaban J connectivity index is 2.10. The fourth-order valence-electron chi connectivity index (χ4n) is 2.32. The number of carbonyl (C=O) groups excluding carboxylic acids is 1. The molecule has 0 atom stereocenters. The monoisotopic (exact) mass is 259 g/mol. The van der Waals surface area contributed by atoms with Gasteiger partial charge < -0.3 is 5.32 Å². The Labute approximate surface area is 113 Å². The lowest BCUT2D eigenvalue weighted by molar-refractivity contribution is -0.119. The molecule has 1 aromatic carbocycles. The molecule has 1 aliphatic rings. The standard InChI is InChI=1S/C16H18FNO/c1-2-3-4-6-15(19)18-16(11-5-12-16)13-7-9-14(17)10-8-13/h2-4,6-10H,5,11-12H2,1H3,(H,18,19)/b3-2+,6-4+. The van der Waals surface area contributed by atoms with Crippen LogP contribution < -0.4 is 5.32 Å². The van der Waals surface area contributed by atoms with Gasteiger partial charge in [-0.05, 0) is 43.9 Å². The number of benzene rings is 1. The van der Waals surface area contributed by atoms with E-state index >= 15 is 0 Å². The molecular formula is C16H18FNO. The van der Waals surface area contributed by atoms with Crippen LogP contribution in [0, 0.1) is 5.82 Å². The molecular weight excluding hydrogens is 241 g/mol. The molecule has 1 aromatic rings. The van der Waals surface area contributed by atoms with Crippen LogP contribution in [0.4, 0.5) is 4.39 Å². The molecule has 0 radical (unpaired) electrons. The van der Waals surface area contributed by atoms with Gasteiger partial charge in [0.2, 0.25) is 5.91 Å². The number of carbonyl (C=O) groups is 1. The molecule has 0 heterocycles. The van der Waals surface area contributed by atoms with Crippen LogP contribution in [0.3, 0.4) is 0 Å². The summed E-state index contributed by atoms with van der Waals surface area (Å²) in [6, 6.07) is 6.39. The molecule has 1 saturated carbocycles. The van der Waals surface area contributed by atoms with Crippen molar-refractivity contribution in [3.05, 3.63) is 60.0 Å². The molecule has 0 spiro atoms. The predicted molar refractivity (Wildman–Crippen MR) is 74.0 cm³/mol. The van der Waals surface area contributed by atoms with E-state index in [4.69, 9.17) is 0 Å². The number of amides is 1. The van der Waals surface area contributed by atoms with Gasteiger partial charge in [0, 0.05) is 6.08 Å². The van der Waals surface area contributed by atoms with Crippen molar-refractivity contribution in [3.63, 3.8) is 0 Å². The van der Waals surface area contributed by atoms with Crippen molar-refractivity contribution in [1.29, 1.82) is 0 Å². The Morgan fingerprint density at radius 2 is 1.95 bits per heavy atom. The molecule has 0 aliphatic heterocycles. The molecule has 0 saturated heterocycles. The van der Waals surface area contributed by atoms with Gasteiger partial charge in [-0.2, -0.15) is 0 Å². The molecule has 1 amide bonds. The lowest BCUT2D eigenvalue weighted by atomic mass is 9.72. The van der Waals surface area contributed by atoms with Gasteiger partial charge in [0.05, 0.1) is 5.54 Å². The van der Waals surface area contributed by atoms with Gasteiger partial charge in [0.15, 0.2) is 0 Å². The molecule has 3 heteroatoms. The molecule has 0 aromatic heterocycles. The number of halogens is 1. The first kappa shape index (κ1) is 13.5. The third-order valence-corrected chi connectivity index (χ3v) is 3.52. The average molecular weight is 259 g/mol. The number of rotatable bonds is 4. The van der Waals surface area contributed by atoms with Crippen LogP contribution in [-0.2, 0) is 10.3 Å². The summed E-state index contributed by atoms with van der Waals surface area (Å²) in [5.74, 6) is -0.361. The lowest BCUT2D eigenvalue weighted by Gasteiger charge is -2.42. The highest BCUT2D eigenvalue weighted by atomic mass is 19.1. The Bertz CT molecular complexity index is 498. The summed E-state index contributed by atoms with van der Waals surface area (Å²) >= 11 is 0. The van der Waals surface area contributed by atoms with Crippen molar-refractivity contribution < 1.29 is 9.18 Å². The first-order valence-corrected chi connectivity index (χ1v) is 6.54. The molecule has 1 aliphatic carbocycles. The number of allylic oxidation sites excluding steroid dienone is 3. The largest absolute Gasteiger partial charge is 0.343 e. The van der Waals surface area contributed by atoms with E-state index < -0.39 is 0 Å². The molecule has 1 fully saturated rings. The maximum atomic E-state index is 13.0. The van der Waals surface area contributed by atoms with E-state index in [1.807, 2.05) is 19.1 Å². The Morgan fingerprint density at radius 1 is 1.26 bits per heavy atom. The highest BCUT2D eigenvalue weighted by Crippen LogP contribution is 2.41. The second kappa shape index (κ2) is 5.83. The zero-order valence-electron chi connectivity index (χ0n) is 11.0. The number of hydrogen-bond acceptors (Lipinski definition) is 1. The summed E-state index contributed by atoms with van der Waals surface area (Å²) in [7, 11) is 0. The van der Waals surface area contributed by atoms with Crippen molar-refractivity contribution in [3.8, 4) is 0 Å². The van der Waals surface area contributed by atoms with Gasteiger partial charge in [0.25, 0.3) is 0 Å². The first-order valence-electron chi connectivity index (χ1n) is 6.54. The summed E-state index contributed by atoms with van der Waals surface area (Å²) in [5.41, 5.74) is 0.665. The highest BCUT2D eigenvalue weighted by molar-refractivity contribution is 5.88. The van der Waals surface area contributed by atoms with Gasteiger partial charge in [-0.25, -0.2) is 4.39 Å². The van der Waals surface area contributed by atoms with Gasteiger partial charge in [-0.3, -0.25) is 4.79 Å². The molecule has 1 N–H and O–H groups in total. The van der Waals surface area contributed by atoms with Crippen LogP contribution in [0.25, 0.3) is 0 Å². The van der Waals surface area contributed by atoms with E-state index in [9.17, 15) is 9.18 Å². The Kier molecular flexibility index (Phi) is 4.15. The van der Waals surface area contributed by atoms with Crippen molar-refractivity contribution in [1.82, 2.24) is 5.32 Å². The minimum atomic E-state index is -0.314. The maximum absolute atomic E-state index is 13.0. The quantitative estimate of drug-likeness (QED) is 0.651. The minimum Gasteiger partial charge on any atom is -0.343 e. The second-order valence-corrected chi connectivity index (χ2v) is 4.82. The van der Waals surface area contributed by atoms with E-state index in [-0.39, 0.29) is 17.3 Å². The summed E-state index contributed by atoms with van der Waals surface area (Å²) in [6.07, 6.45) is 9.80. The van der Waals surface area contributed by atoms with Gasteiger partial charge >= 0.3 is 0 Å². The molecule has 19 heavy (non-hydrogen) atoms. The summed E-state index contributed by atoms with van der Waals surface area (Å²) < 4.78 is 13.0. The first-order chi connectivity index (χ1) is 9.16. The van der Waals surface area contributed by atoms with Crippen LogP contribution in [0.5, 0.6) is 0 Å². The van der Waals surface area contributed by atoms with Gasteiger partial charge in [0.1, 0.15) is 5.82 Å². The van der Waals surface area contributed by atoms with Crippen LogP contribution in [0.15, 0.2) is 48.6 Å². The highest BCUT2D eigenvalue weighted by Gasteiger charge is 2.39. The molecule has 0 bridgehead atoms. The van der Waals surface area contributed by atoms with Crippen LogP contribution in [0.2, 0.25) is 0 Å². The maximum Gasteiger partial charge on any atom is 0.244 e. The van der Waals surface area contributed by atoms with E-state index in [1.165, 1.54) is 18.2 Å². The molecule has 100 valence electrons. The smallest absolute Gasteiger partial charge is 0.244 e. The van der Waals surface area contributed by atoms with Crippen molar-refractivity contribution in [2.45, 2.75) is 31.7 Å². The minimum absolute atomic E-state index is 0.109. The Morgan fingerprint density at radius 3 is 2.47 bits per heavy atom. The van der Waals surface area contributed by atoms with E-state index in [2.05, 4.69) is 5.32 Å². The summed E-state index contributed by atoms with van der Waals surface area (Å²) in [5, 5.41) is 3.04. The SMILES string of the molecule is C/C=C/C=C/C(=O)NC1(c2ccc(F)cc2)CCC1. The normalized spacial score (nSPS) is 17.6. The van der Waals surface area contributed by atoms with E-state index in [1.54, 1.807) is 18.2 Å².